The van der Waals surface area contributed by atoms with Gasteiger partial charge in [0.05, 0.1) is 22.7 Å². The molecule has 0 bridgehead atoms. The molecule has 6 nitrogen and oxygen atoms in total. The number of anilines is 2. The minimum Gasteiger partial charge on any atom is -0.303 e. The van der Waals surface area contributed by atoms with Crippen molar-refractivity contribution in [2.45, 2.75) is 21.3 Å². The van der Waals surface area contributed by atoms with Crippen molar-refractivity contribution in [3.63, 3.8) is 0 Å². The van der Waals surface area contributed by atoms with Gasteiger partial charge in [-0.25, -0.2) is 9.98 Å². The van der Waals surface area contributed by atoms with Gasteiger partial charge in [-0.1, -0.05) is 85.2 Å². The number of aryl methyl sites for hydroxylation is 2. The minimum atomic E-state index is -0.113. The van der Waals surface area contributed by atoms with E-state index < -0.39 is 0 Å². The smallest absolute Gasteiger partial charge is 0.277 e. The minimum absolute atomic E-state index is 0. The topological polar surface area (TPSA) is 65.3 Å². The second kappa shape index (κ2) is 14.3. The molecule has 0 saturated heterocycles. The van der Waals surface area contributed by atoms with Gasteiger partial charge in [-0.3, -0.25) is 9.59 Å². The van der Waals surface area contributed by atoms with Crippen LogP contribution in [0.15, 0.2) is 120 Å². The van der Waals surface area contributed by atoms with E-state index in [9.17, 15) is 9.59 Å². The van der Waals surface area contributed by atoms with Crippen LogP contribution < -0.4 is 9.80 Å². The summed E-state index contributed by atoms with van der Waals surface area (Å²) in [4.78, 5) is 37.7. The Morgan fingerprint density at radius 3 is 1.69 bits per heavy atom. The van der Waals surface area contributed by atoms with Crippen molar-refractivity contribution in [2.24, 2.45) is 9.98 Å². The van der Waals surface area contributed by atoms with Crippen LogP contribution in [-0.2, 0) is 9.59 Å². The molecule has 2 heterocycles. The zero-order chi connectivity index (χ0) is 31.4. The lowest BCUT2D eigenvalue weighted by Gasteiger charge is -2.13. The number of carbonyl (C=O) groups excluding carboxylic acids is 2. The molecule has 6 rings (SSSR count). The highest BCUT2D eigenvalue weighted by Crippen LogP contribution is 2.33. The summed E-state index contributed by atoms with van der Waals surface area (Å²) in [7, 11) is 0. The van der Waals surface area contributed by atoms with E-state index in [1.807, 2.05) is 86.6 Å². The number of benzene rings is 4. The van der Waals surface area contributed by atoms with Gasteiger partial charge in [-0.15, -0.1) is 13.2 Å². The van der Waals surface area contributed by atoms with E-state index in [-0.39, 0.29) is 19.2 Å². The Kier molecular flexibility index (Phi) is 10.6. The van der Waals surface area contributed by atoms with E-state index in [2.05, 4.69) is 23.1 Å². The van der Waals surface area contributed by atoms with Gasteiger partial charge in [0.25, 0.3) is 11.8 Å². The Hall–Kier alpha value is -4.78. The first-order valence-corrected chi connectivity index (χ1v) is 14.7. The molecule has 0 saturated carbocycles. The summed E-state index contributed by atoms with van der Waals surface area (Å²) in [6.45, 7) is 12.2. The lowest BCUT2D eigenvalue weighted by Crippen LogP contribution is -2.30. The standard InChI is InChI=1S/2C18H15ClN2O.CH4/c1-3-10-21-16-7-5-4-6-14(16)17(18(21)22)20-13-9-8-12(2)15(19)11-13;1-3-8-21-16-7-5-4-6-15(16)17(18(21)22)20-14-10-12(2)9-13(19)11-14;/h3-9,11H,1,10H2,2H3;3-7,9-11H,1,8H2,2H3;1H4. The van der Waals surface area contributed by atoms with E-state index in [1.54, 1.807) is 34.1 Å². The van der Waals surface area contributed by atoms with E-state index in [1.165, 1.54) is 0 Å². The summed E-state index contributed by atoms with van der Waals surface area (Å²) >= 11 is 12.2. The lowest BCUT2D eigenvalue weighted by atomic mass is 10.1. The number of halogens is 2. The third kappa shape index (κ3) is 6.98. The third-order valence-corrected chi connectivity index (χ3v) is 7.71. The quantitative estimate of drug-likeness (QED) is 0.198. The Bertz CT molecular complexity index is 1840. The van der Waals surface area contributed by atoms with Crippen LogP contribution in [0.2, 0.25) is 10.0 Å². The fraction of sp³-hybridized carbons (Fsp3) is 0.135. The maximum Gasteiger partial charge on any atom is 0.277 e. The predicted octanol–water partition coefficient (Wildman–Crippen LogP) is 9.24. The number of aliphatic imine (C=N–C) groups is 2. The lowest BCUT2D eigenvalue weighted by molar-refractivity contribution is -0.112. The molecule has 2 amide bonds. The summed E-state index contributed by atoms with van der Waals surface area (Å²) < 4.78 is 0. The SMILES string of the molecule is C.C=CCN1C(=O)C(=Nc2cc(C)cc(Cl)c2)c2ccccc21.C=CCN1C(=O)C(=Nc2ccc(C)c(Cl)c2)c2ccccc21. The van der Waals surface area contributed by atoms with Crippen molar-refractivity contribution in [1.29, 1.82) is 0 Å². The number of nitrogens with zero attached hydrogens (tertiary/aromatic N) is 4. The second-order valence-electron chi connectivity index (χ2n) is 10.3. The van der Waals surface area contributed by atoms with Gasteiger partial charge < -0.3 is 9.80 Å². The molecular formula is C37H34Cl2N4O2. The average molecular weight is 638 g/mol. The van der Waals surface area contributed by atoms with Crippen molar-refractivity contribution < 1.29 is 9.59 Å². The maximum atomic E-state index is 12.6. The van der Waals surface area contributed by atoms with E-state index >= 15 is 0 Å². The Balaban J connectivity index is 0.000000200. The van der Waals surface area contributed by atoms with Crippen molar-refractivity contribution >= 4 is 69.2 Å². The number of hydrogen-bond acceptors (Lipinski definition) is 4. The first kappa shape index (κ1) is 33.1. The van der Waals surface area contributed by atoms with Gasteiger partial charge in [0.15, 0.2) is 0 Å². The molecule has 0 aliphatic carbocycles. The van der Waals surface area contributed by atoms with Crippen LogP contribution in [0.3, 0.4) is 0 Å². The highest BCUT2D eigenvalue weighted by molar-refractivity contribution is 6.55. The Morgan fingerprint density at radius 2 is 1.20 bits per heavy atom. The van der Waals surface area contributed by atoms with Crippen LogP contribution >= 0.6 is 23.2 Å². The molecule has 0 fully saturated rings. The molecule has 0 aromatic heterocycles. The van der Waals surface area contributed by atoms with Crippen LogP contribution in [-0.4, -0.2) is 36.3 Å². The summed E-state index contributed by atoms with van der Waals surface area (Å²) in [5.74, 6) is -0.225. The highest BCUT2D eigenvalue weighted by atomic mass is 35.5. The Labute approximate surface area is 274 Å². The molecule has 8 heteroatoms. The van der Waals surface area contributed by atoms with Gasteiger partial charge >= 0.3 is 0 Å². The van der Waals surface area contributed by atoms with Gasteiger partial charge in [0, 0.05) is 34.3 Å². The van der Waals surface area contributed by atoms with E-state index in [0.717, 1.165) is 33.6 Å². The maximum absolute atomic E-state index is 12.6. The molecule has 0 atom stereocenters. The van der Waals surface area contributed by atoms with Crippen LogP contribution in [0.25, 0.3) is 0 Å². The van der Waals surface area contributed by atoms with Crippen LogP contribution in [0.5, 0.6) is 0 Å². The molecule has 4 aromatic rings. The number of carbonyl (C=O) groups is 2. The fourth-order valence-corrected chi connectivity index (χ4v) is 5.51. The molecule has 0 unspecified atom stereocenters. The molecule has 0 N–H and O–H groups in total. The summed E-state index contributed by atoms with van der Waals surface area (Å²) in [5, 5.41) is 1.25. The van der Waals surface area contributed by atoms with Crippen LogP contribution in [0.1, 0.15) is 29.7 Å². The van der Waals surface area contributed by atoms with Gasteiger partial charge in [0.1, 0.15) is 11.4 Å². The number of para-hydroxylation sites is 2. The first-order valence-electron chi connectivity index (χ1n) is 14.0. The summed E-state index contributed by atoms with van der Waals surface area (Å²) in [5.41, 5.74) is 7.65. The zero-order valence-electron chi connectivity index (χ0n) is 24.4. The monoisotopic (exact) mass is 636 g/mol. The Morgan fingerprint density at radius 1 is 0.689 bits per heavy atom. The van der Waals surface area contributed by atoms with Crippen molar-refractivity contribution in [3.05, 3.63) is 143 Å². The molecule has 0 spiro atoms. The van der Waals surface area contributed by atoms with Crippen LogP contribution in [0, 0.1) is 13.8 Å². The number of rotatable bonds is 6. The van der Waals surface area contributed by atoms with Crippen molar-refractivity contribution in [3.8, 4) is 0 Å². The molecule has 228 valence electrons. The fourth-order valence-electron chi connectivity index (χ4n) is 5.05. The zero-order valence-corrected chi connectivity index (χ0v) is 25.9. The van der Waals surface area contributed by atoms with Crippen molar-refractivity contribution in [2.75, 3.05) is 22.9 Å². The van der Waals surface area contributed by atoms with Gasteiger partial charge in [0.2, 0.25) is 0 Å². The van der Waals surface area contributed by atoms with E-state index in [0.29, 0.717) is 45.9 Å². The van der Waals surface area contributed by atoms with Gasteiger partial charge in [-0.05, 0) is 67.4 Å². The second-order valence-corrected chi connectivity index (χ2v) is 11.1. The third-order valence-electron chi connectivity index (χ3n) is 7.08. The molecule has 4 aromatic carbocycles. The van der Waals surface area contributed by atoms with E-state index in [4.69, 9.17) is 23.2 Å². The summed E-state index contributed by atoms with van der Waals surface area (Å²) in [6, 6.07) is 26.3. The average Bonchev–Trinajstić information content (AvgIpc) is 3.41. The molecule has 0 radical (unpaired) electrons. The number of fused-ring (bicyclic) bond motifs is 2. The first-order chi connectivity index (χ1) is 21.2. The summed E-state index contributed by atoms with van der Waals surface area (Å²) in [6.07, 6.45) is 3.42. The van der Waals surface area contributed by atoms with Crippen LogP contribution in [0.4, 0.5) is 22.7 Å². The van der Waals surface area contributed by atoms with Crippen molar-refractivity contribution in [1.82, 2.24) is 0 Å². The highest BCUT2D eigenvalue weighted by Gasteiger charge is 2.34. The predicted molar refractivity (Wildman–Crippen MR) is 189 cm³/mol. The molecular weight excluding hydrogens is 603 g/mol. The largest absolute Gasteiger partial charge is 0.303 e. The molecule has 45 heavy (non-hydrogen) atoms. The molecule has 2 aliphatic rings. The van der Waals surface area contributed by atoms with Gasteiger partial charge in [-0.2, -0.15) is 0 Å². The molecule has 2 aliphatic heterocycles. The number of amides is 2. The normalized spacial score (nSPS) is 14.9. The number of hydrogen-bond donors (Lipinski definition) is 0.